The van der Waals surface area contributed by atoms with E-state index in [0.29, 0.717) is 25.7 Å². The van der Waals surface area contributed by atoms with Gasteiger partial charge in [0.2, 0.25) is 11.7 Å². The quantitative estimate of drug-likeness (QED) is 0.330. The van der Waals surface area contributed by atoms with Gasteiger partial charge in [-0.25, -0.2) is 8.42 Å². The molecule has 3 fully saturated rings. The number of sulfone groups is 1. The second-order valence-corrected chi connectivity index (χ2v) is 14.9. The summed E-state index contributed by atoms with van der Waals surface area (Å²) in [6.07, 6.45) is 4.47. The fraction of sp³-hybridized carbons (Fsp3) is 0.500. The van der Waals surface area contributed by atoms with Crippen molar-refractivity contribution >= 4 is 55.0 Å². The number of benzene rings is 2. The SMILES string of the molecule is CCC[C@H](NC[C@@H]1C[C@@H](S(=O)(=O)c2ccccc2Cl)CN1C(=O)C1(c2ccc(Br)cc2)CC1)C(=O)C(=O)NC1CC1. The maximum absolute atomic E-state index is 14.2. The molecule has 2 N–H and O–H groups in total. The normalized spacial score (nSPS) is 22.3. The van der Waals surface area contributed by atoms with E-state index in [1.807, 2.05) is 31.2 Å². The van der Waals surface area contributed by atoms with Crippen LogP contribution in [0.5, 0.6) is 0 Å². The number of halogens is 2. The predicted octanol–water partition coefficient (Wildman–Crippen LogP) is 4.18. The Morgan fingerprint density at radius 1 is 1.10 bits per heavy atom. The van der Waals surface area contributed by atoms with Crippen molar-refractivity contribution in [3.63, 3.8) is 0 Å². The molecule has 11 heteroatoms. The summed E-state index contributed by atoms with van der Waals surface area (Å²) >= 11 is 9.74. The summed E-state index contributed by atoms with van der Waals surface area (Å²) in [5.41, 5.74) is 0.218. The molecule has 3 aliphatic rings. The van der Waals surface area contributed by atoms with Gasteiger partial charge in [0, 0.05) is 29.6 Å². The summed E-state index contributed by atoms with van der Waals surface area (Å²) in [6, 6.07) is 12.9. The summed E-state index contributed by atoms with van der Waals surface area (Å²) in [4.78, 5) is 41.4. The maximum atomic E-state index is 14.2. The number of hydrogen-bond donors (Lipinski definition) is 2. The fourth-order valence-electron chi connectivity index (χ4n) is 5.73. The first-order valence-electron chi connectivity index (χ1n) is 14.2. The minimum absolute atomic E-state index is 0.0333. The number of nitrogens with one attached hydrogen (secondary N) is 2. The molecule has 2 aliphatic carbocycles. The first-order chi connectivity index (χ1) is 19.6. The van der Waals surface area contributed by atoms with E-state index >= 15 is 0 Å². The molecule has 1 heterocycles. The lowest BCUT2D eigenvalue weighted by atomic mass is 9.94. The molecule has 0 bridgehead atoms. The third kappa shape index (κ3) is 6.40. The molecule has 2 aromatic carbocycles. The molecule has 0 spiro atoms. The topological polar surface area (TPSA) is 113 Å². The van der Waals surface area contributed by atoms with Gasteiger partial charge in [0.05, 0.1) is 26.6 Å². The van der Waals surface area contributed by atoms with Crippen molar-refractivity contribution in [1.82, 2.24) is 15.5 Å². The van der Waals surface area contributed by atoms with Crippen LogP contribution in [-0.2, 0) is 29.6 Å². The van der Waals surface area contributed by atoms with Crippen molar-refractivity contribution in [2.45, 2.75) is 85.6 Å². The summed E-state index contributed by atoms with van der Waals surface area (Å²) in [5.74, 6) is -1.22. The molecule has 0 unspecified atom stereocenters. The molecule has 2 saturated carbocycles. The molecule has 2 aromatic rings. The molecule has 0 aromatic heterocycles. The van der Waals surface area contributed by atoms with Gasteiger partial charge >= 0.3 is 0 Å². The number of hydrogen-bond acceptors (Lipinski definition) is 6. The molecular formula is C30H35BrClN3O5S. The van der Waals surface area contributed by atoms with Crippen LogP contribution in [0.15, 0.2) is 57.9 Å². The second kappa shape index (κ2) is 12.1. The third-order valence-electron chi connectivity index (χ3n) is 8.41. The van der Waals surface area contributed by atoms with Crippen LogP contribution in [0.4, 0.5) is 0 Å². The van der Waals surface area contributed by atoms with Crippen LogP contribution in [-0.4, -0.2) is 67.4 Å². The van der Waals surface area contributed by atoms with Crippen LogP contribution >= 0.6 is 27.5 Å². The first-order valence-corrected chi connectivity index (χ1v) is 16.9. The van der Waals surface area contributed by atoms with Gasteiger partial charge in [-0.05, 0) is 68.4 Å². The highest BCUT2D eigenvalue weighted by molar-refractivity contribution is 9.10. The van der Waals surface area contributed by atoms with Crippen LogP contribution < -0.4 is 10.6 Å². The molecule has 220 valence electrons. The smallest absolute Gasteiger partial charge is 0.289 e. The van der Waals surface area contributed by atoms with E-state index in [1.165, 1.54) is 6.07 Å². The van der Waals surface area contributed by atoms with Crippen LogP contribution in [0.3, 0.4) is 0 Å². The van der Waals surface area contributed by atoms with Gasteiger partial charge in [-0.3, -0.25) is 14.4 Å². The number of rotatable bonds is 12. The summed E-state index contributed by atoms with van der Waals surface area (Å²) in [6.45, 7) is 2.17. The Morgan fingerprint density at radius 2 is 1.78 bits per heavy atom. The lowest BCUT2D eigenvalue weighted by Gasteiger charge is -2.30. The zero-order chi connectivity index (χ0) is 29.4. The van der Waals surface area contributed by atoms with Gasteiger partial charge in [0.15, 0.2) is 9.84 Å². The Hall–Kier alpha value is -2.27. The van der Waals surface area contributed by atoms with Gasteiger partial charge in [-0.15, -0.1) is 0 Å². The highest BCUT2D eigenvalue weighted by Crippen LogP contribution is 2.51. The van der Waals surface area contributed by atoms with Gasteiger partial charge < -0.3 is 15.5 Å². The highest BCUT2D eigenvalue weighted by Gasteiger charge is 2.56. The average molecular weight is 665 g/mol. The Balaban J connectivity index is 1.39. The number of Topliss-reactive ketones (excluding diaryl/α,β-unsaturated/α-hetero) is 1. The monoisotopic (exact) mass is 663 g/mol. The van der Waals surface area contributed by atoms with E-state index in [0.717, 1.165) is 22.9 Å². The van der Waals surface area contributed by atoms with Crippen molar-refractivity contribution in [3.05, 3.63) is 63.6 Å². The summed E-state index contributed by atoms with van der Waals surface area (Å²) in [7, 11) is -3.84. The van der Waals surface area contributed by atoms with Crippen molar-refractivity contribution in [1.29, 1.82) is 0 Å². The zero-order valence-corrected chi connectivity index (χ0v) is 26.1. The minimum atomic E-state index is -3.84. The third-order valence-corrected chi connectivity index (χ3v) is 11.6. The van der Waals surface area contributed by atoms with E-state index in [2.05, 4.69) is 26.6 Å². The van der Waals surface area contributed by atoms with E-state index < -0.39 is 44.3 Å². The maximum Gasteiger partial charge on any atom is 0.289 e. The molecular weight excluding hydrogens is 630 g/mol. The molecule has 1 aliphatic heterocycles. The van der Waals surface area contributed by atoms with E-state index in [9.17, 15) is 22.8 Å². The molecule has 2 amide bonds. The van der Waals surface area contributed by atoms with Gasteiger partial charge in [-0.1, -0.05) is 65.1 Å². The van der Waals surface area contributed by atoms with Crippen molar-refractivity contribution in [2.24, 2.45) is 0 Å². The summed E-state index contributed by atoms with van der Waals surface area (Å²) in [5, 5.41) is 5.29. The zero-order valence-electron chi connectivity index (χ0n) is 22.9. The standard InChI is InChI=1S/C30H35BrClN3O5S/c1-2-5-25(27(36)28(37)34-21-12-13-21)33-17-22-16-23(41(39,40)26-7-4-3-6-24(26)32)18-35(22)29(38)30(14-15-30)19-8-10-20(31)11-9-19/h3-4,6-11,21-23,25,33H,2,5,12-18H2,1H3,(H,34,37)/t22-,23+,25-/m0/s1. The van der Waals surface area contributed by atoms with E-state index in [4.69, 9.17) is 11.6 Å². The number of amides is 2. The number of likely N-dealkylation sites (tertiary alicyclic amines) is 1. The lowest BCUT2D eigenvalue weighted by molar-refractivity contribution is -0.139. The van der Waals surface area contributed by atoms with Crippen molar-refractivity contribution in [3.8, 4) is 0 Å². The van der Waals surface area contributed by atoms with Crippen LogP contribution in [0.1, 0.15) is 57.4 Å². The Bertz CT molecular complexity index is 1430. The predicted molar refractivity (Wildman–Crippen MR) is 160 cm³/mol. The summed E-state index contributed by atoms with van der Waals surface area (Å²) < 4.78 is 28.4. The van der Waals surface area contributed by atoms with Crippen molar-refractivity contribution < 1.29 is 22.8 Å². The van der Waals surface area contributed by atoms with Crippen LogP contribution in [0.2, 0.25) is 5.02 Å². The Kier molecular flexibility index (Phi) is 8.95. The van der Waals surface area contributed by atoms with Gasteiger partial charge in [0.1, 0.15) is 0 Å². The van der Waals surface area contributed by atoms with Crippen LogP contribution in [0, 0.1) is 0 Å². The number of ketones is 1. The Labute approximate surface area is 254 Å². The van der Waals surface area contributed by atoms with E-state index in [1.54, 1.807) is 23.1 Å². The minimum Gasteiger partial charge on any atom is -0.347 e. The lowest BCUT2D eigenvalue weighted by Crippen LogP contribution is -2.51. The number of nitrogens with zero attached hydrogens (tertiary/aromatic N) is 1. The molecule has 3 atom stereocenters. The van der Waals surface area contributed by atoms with Gasteiger partial charge in [-0.2, -0.15) is 0 Å². The average Bonchev–Trinajstić information content (AvgIpc) is 3.89. The molecule has 41 heavy (non-hydrogen) atoms. The first kappa shape index (κ1) is 30.2. The fourth-order valence-corrected chi connectivity index (χ4v) is 8.25. The molecule has 5 rings (SSSR count). The van der Waals surface area contributed by atoms with Crippen molar-refractivity contribution in [2.75, 3.05) is 13.1 Å². The number of carbonyl (C=O) groups excluding carboxylic acids is 3. The second-order valence-electron chi connectivity index (χ2n) is 11.4. The Morgan fingerprint density at radius 3 is 2.39 bits per heavy atom. The molecule has 8 nitrogen and oxygen atoms in total. The highest BCUT2D eigenvalue weighted by atomic mass is 79.9. The molecule has 1 saturated heterocycles. The number of carbonyl (C=O) groups is 3. The van der Waals surface area contributed by atoms with Gasteiger partial charge in [0.25, 0.3) is 5.91 Å². The van der Waals surface area contributed by atoms with Crippen LogP contribution in [0.25, 0.3) is 0 Å². The van der Waals surface area contributed by atoms with E-state index in [-0.39, 0.29) is 41.4 Å². The largest absolute Gasteiger partial charge is 0.347 e. The molecule has 0 radical (unpaired) electrons.